The number of aryl methyl sites for hydroxylation is 1. The first kappa shape index (κ1) is 11.9. The molecule has 0 spiro atoms. The molecule has 0 aliphatic heterocycles. The third-order valence-corrected chi connectivity index (χ3v) is 2.55. The van der Waals surface area contributed by atoms with Gasteiger partial charge < -0.3 is 10.2 Å². The highest BCUT2D eigenvalue weighted by Crippen LogP contribution is 2.22. The number of halogens is 1. The summed E-state index contributed by atoms with van der Waals surface area (Å²) in [4.78, 5) is 0. The van der Waals surface area contributed by atoms with Gasteiger partial charge in [-0.2, -0.15) is 12.6 Å². The highest BCUT2D eigenvalue weighted by molar-refractivity contribution is 7.80. The van der Waals surface area contributed by atoms with E-state index in [1.165, 1.54) is 0 Å². The second-order valence-electron chi connectivity index (χ2n) is 3.26. The summed E-state index contributed by atoms with van der Waals surface area (Å²) < 4.78 is 0. The summed E-state index contributed by atoms with van der Waals surface area (Å²) in [6.07, 6.45) is -1.79. The van der Waals surface area contributed by atoms with Crippen molar-refractivity contribution in [2.45, 2.75) is 19.1 Å². The van der Waals surface area contributed by atoms with Gasteiger partial charge in [0.15, 0.2) is 0 Å². The standard InChI is InChI=1S/C10H13ClO2S/c1-6-2-7(4-8(11)3-6)10(13)9(12)5-14/h2-4,9-10,12-14H,5H2,1H3. The molecular weight excluding hydrogens is 220 g/mol. The Balaban J connectivity index is 2.94. The topological polar surface area (TPSA) is 40.5 Å². The van der Waals surface area contributed by atoms with Crippen molar-refractivity contribution in [3.8, 4) is 0 Å². The molecule has 0 amide bonds. The van der Waals surface area contributed by atoms with Crippen molar-refractivity contribution in [1.29, 1.82) is 0 Å². The highest BCUT2D eigenvalue weighted by Gasteiger charge is 2.17. The maximum atomic E-state index is 9.68. The Morgan fingerprint density at radius 3 is 2.50 bits per heavy atom. The van der Waals surface area contributed by atoms with Crippen LogP contribution in [-0.4, -0.2) is 22.1 Å². The van der Waals surface area contributed by atoms with Crippen LogP contribution in [0.3, 0.4) is 0 Å². The Morgan fingerprint density at radius 1 is 1.36 bits per heavy atom. The van der Waals surface area contributed by atoms with Crippen LogP contribution in [-0.2, 0) is 0 Å². The molecule has 0 bridgehead atoms. The van der Waals surface area contributed by atoms with E-state index in [1.54, 1.807) is 18.2 Å². The van der Waals surface area contributed by atoms with Crippen LogP contribution in [0, 0.1) is 6.92 Å². The van der Waals surface area contributed by atoms with Gasteiger partial charge >= 0.3 is 0 Å². The zero-order valence-electron chi connectivity index (χ0n) is 7.81. The van der Waals surface area contributed by atoms with E-state index in [-0.39, 0.29) is 5.75 Å². The van der Waals surface area contributed by atoms with Crippen LogP contribution in [0.5, 0.6) is 0 Å². The molecule has 0 aromatic heterocycles. The average molecular weight is 233 g/mol. The first-order chi connectivity index (χ1) is 6.54. The van der Waals surface area contributed by atoms with Crippen molar-refractivity contribution < 1.29 is 10.2 Å². The van der Waals surface area contributed by atoms with Crippen LogP contribution in [0.1, 0.15) is 17.2 Å². The maximum Gasteiger partial charge on any atom is 0.106 e. The van der Waals surface area contributed by atoms with Gasteiger partial charge in [-0.1, -0.05) is 17.7 Å². The normalized spacial score (nSPS) is 15.2. The van der Waals surface area contributed by atoms with E-state index >= 15 is 0 Å². The van der Waals surface area contributed by atoms with Gasteiger partial charge in [0.05, 0.1) is 6.10 Å². The fourth-order valence-corrected chi connectivity index (χ4v) is 1.76. The molecule has 14 heavy (non-hydrogen) atoms. The highest BCUT2D eigenvalue weighted by atomic mass is 35.5. The third-order valence-electron chi connectivity index (χ3n) is 1.96. The second kappa shape index (κ2) is 5.03. The monoisotopic (exact) mass is 232 g/mol. The second-order valence-corrected chi connectivity index (χ2v) is 4.06. The molecule has 0 heterocycles. The zero-order chi connectivity index (χ0) is 10.7. The van der Waals surface area contributed by atoms with E-state index < -0.39 is 12.2 Å². The molecule has 4 heteroatoms. The van der Waals surface area contributed by atoms with Crippen molar-refractivity contribution in [1.82, 2.24) is 0 Å². The molecule has 2 unspecified atom stereocenters. The third kappa shape index (κ3) is 2.89. The first-order valence-electron chi connectivity index (χ1n) is 4.28. The Bertz CT molecular complexity index is 297. The summed E-state index contributed by atoms with van der Waals surface area (Å²) in [6, 6.07) is 5.24. The number of aliphatic hydroxyl groups excluding tert-OH is 2. The van der Waals surface area contributed by atoms with Gasteiger partial charge in [0.1, 0.15) is 6.10 Å². The summed E-state index contributed by atoms with van der Waals surface area (Å²) in [6.45, 7) is 1.88. The van der Waals surface area contributed by atoms with E-state index in [2.05, 4.69) is 12.6 Å². The lowest BCUT2D eigenvalue weighted by Gasteiger charge is -2.16. The van der Waals surface area contributed by atoms with Crippen LogP contribution in [0.25, 0.3) is 0 Å². The molecule has 0 fully saturated rings. The predicted molar refractivity (Wildman–Crippen MR) is 61.0 cm³/mol. The van der Waals surface area contributed by atoms with Crippen LogP contribution in [0.15, 0.2) is 18.2 Å². The predicted octanol–water partition coefficient (Wildman–Crippen LogP) is 1.97. The van der Waals surface area contributed by atoms with Gasteiger partial charge in [-0.25, -0.2) is 0 Å². The van der Waals surface area contributed by atoms with E-state index in [0.29, 0.717) is 10.6 Å². The van der Waals surface area contributed by atoms with E-state index in [1.807, 2.05) is 6.92 Å². The smallest absolute Gasteiger partial charge is 0.106 e. The summed E-state index contributed by atoms with van der Waals surface area (Å²) in [5.74, 6) is 0.215. The van der Waals surface area contributed by atoms with Crippen molar-refractivity contribution in [2.24, 2.45) is 0 Å². The van der Waals surface area contributed by atoms with Crippen molar-refractivity contribution in [3.05, 3.63) is 34.3 Å². The molecule has 78 valence electrons. The van der Waals surface area contributed by atoms with Gasteiger partial charge in [-0.3, -0.25) is 0 Å². The molecule has 0 aliphatic carbocycles. The largest absolute Gasteiger partial charge is 0.389 e. The van der Waals surface area contributed by atoms with Gasteiger partial charge in [0, 0.05) is 10.8 Å². The number of hydrogen-bond acceptors (Lipinski definition) is 3. The van der Waals surface area contributed by atoms with Gasteiger partial charge in [0.2, 0.25) is 0 Å². The SMILES string of the molecule is Cc1cc(Cl)cc(C(O)C(O)CS)c1. The molecule has 1 aromatic rings. The summed E-state index contributed by atoms with van der Waals surface area (Å²) in [5, 5.41) is 19.6. The molecule has 0 saturated heterocycles. The quantitative estimate of drug-likeness (QED) is 0.698. The number of aliphatic hydroxyl groups is 2. The number of hydrogen-bond donors (Lipinski definition) is 3. The average Bonchev–Trinajstić information content (AvgIpc) is 2.14. The molecule has 2 N–H and O–H groups in total. The van der Waals surface area contributed by atoms with Gasteiger partial charge in [0.25, 0.3) is 0 Å². The summed E-state index contributed by atoms with van der Waals surface area (Å²) in [5.41, 5.74) is 1.58. The minimum atomic E-state index is -0.926. The van der Waals surface area contributed by atoms with Crippen LogP contribution < -0.4 is 0 Å². The Hall–Kier alpha value is -0.220. The van der Waals surface area contributed by atoms with Crippen LogP contribution in [0.2, 0.25) is 5.02 Å². The number of rotatable bonds is 3. The molecular formula is C10H13ClO2S. The molecule has 0 saturated carbocycles. The van der Waals surface area contributed by atoms with Crippen molar-refractivity contribution in [2.75, 3.05) is 5.75 Å². The fourth-order valence-electron chi connectivity index (χ4n) is 1.26. The summed E-state index contributed by atoms with van der Waals surface area (Å²) in [7, 11) is 0. The first-order valence-corrected chi connectivity index (χ1v) is 5.29. The molecule has 1 aromatic carbocycles. The Labute approximate surface area is 93.9 Å². The minimum Gasteiger partial charge on any atom is -0.389 e. The molecule has 0 aliphatic rings. The molecule has 2 nitrogen and oxygen atoms in total. The van der Waals surface area contributed by atoms with E-state index in [0.717, 1.165) is 5.56 Å². The van der Waals surface area contributed by atoms with Crippen molar-refractivity contribution >= 4 is 24.2 Å². The zero-order valence-corrected chi connectivity index (χ0v) is 9.46. The summed E-state index contributed by atoms with van der Waals surface area (Å²) >= 11 is 9.74. The lowest BCUT2D eigenvalue weighted by Crippen LogP contribution is -2.19. The lowest BCUT2D eigenvalue weighted by atomic mass is 10.0. The Morgan fingerprint density at radius 2 is 2.00 bits per heavy atom. The van der Waals surface area contributed by atoms with Crippen molar-refractivity contribution in [3.63, 3.8) is 0 Å². The van der Waals surface area contributed by atoms with Gasteiger partial charge in [-0.05, 0) is 30.2 Å². The van der Waals surface area contributed by atoms with E-state index in [4.69, 9.17) is 11.6 Å². The number of thiol groups is 1. The lowest BCUT2D eigenvalue weighted by molar-refractivity contribution is 0.0337. The Kier molecular flexibility index (Phi) is 4.26. The van der Waals surface area contributed by atoms with Gasteiger partial charge in [-0.15, -0.1) is 0 Å². The molecule has 0 radical (unpaired) electrons. The number of benzene rings is 1. The molecule has 2 atom stereocenters. The van der Waals surface area contributed by atoms with E-state index in [9.17, 15) is 10.2 Å². The fraction of sp³-hybridized carbons (Fsp3) is 0.400. The van der Waals surface area contributed by atoms with Crippen LogP contribution >= 0.6 is 24.2 Å². The minimum absolute atomic E-state index is 0.215. The molecule has 1 rings (SSSR count). The van der Waals surface area contributed by atoms with Crippen LogP contribution in [0.4, 0.5) is 0 Å². The maximum absolute atomic E-state index is 9.68.